The van der Waals surface area contributed by atoms with Gasteiger partial charge in [-0.25, -0.2) is 0 Å². The van der Waals surface area contributed by atoms with Crippen LogP contribution in [0.15, 0.2) is 24.3 Å². The maximum Gasteiger partial charge on any atom is 0.178 e. The third-order valence-electron chi connectivity index (χ3n) is 3.25. The van der Waals surface area contributed by atoms with Crippen molar-refractivity contribution in [3.8, 4) is 0 Å². The van der Waals surface area contributed by atoms with Gasteiger partial charge < -0.3 is 0 Å². The molecule has 0 aliphatic heterocycles. The molecule has 0 aliphatic carbocycles. The summed E-state index contributed by atoms with van der Waals surface area (Å²) in [4.78, 5) is 12.2. The molecule has 0 amide bonds. The number of hydrogen-bond donors (Lipinski definition) is 0. The van der Waals surface area contributed by atoms with Crippen LogP contribution in [-0.4, -0.2) is 21.0 Å². The Bertz CT molecular complexity index is 423. The predicted molar refractivity (Wildman–Crippen MR) is 77.4 cm³/mol. The first kappa shape index (κ1) is 15.1. The van der Waals surface area contributed by atoms with Gasteiger partial charge in [0.15, 0.2) is 5.78 Å². The third kappa shape index (κ3) is 4.05. The summed E-state index contributed by atoms with van der Waals surface area (Å²) >= 11 is 0. The highest BCUT2D eigenvalue weighted by atomic mass is 32.2. The minimum Gasteiger partial charge on any atom is -0.293 e. The topological polar surface area (TPSA) is 34.1 Å². The Kier molecular flexibility index (Phi) is 5.73. The molecule has 0 aliphatic rings. The van der Waals surface area contributed by atoms with Gasteiger partial charge >= 0.3 is 0 Å². The molecule has 0 saturated carbocycles. The van der Waals surface area contributed by atoms with Crippen molar-refractivity contribution in [1.82, 2.24) is 0 Å². The van der Waals surface area contributed by atoms with Crippen LogP contribution in [0.1, 0.15) is 43.1 Å². The maximum absolute atomic E-state index is 12.2. The molecule has 0 saturated heterocycles. The van der Waals surface area contributed by atoms with E-state index in [0.717, 1.165) is 12.0 Å². The fourth-order valence-corrected chi connectivity index (χ4v) is 3.07. The summed E-state index contributed by atoms with van der Waals surface area (Å²) in [6.45, 7) is 7.90. The Morgan fingerprint density at radius 2 is 1.78 bits per heavy atom. The lowest BCUT2D eigenvalue weighted by Crippen LogP contribution is -2.26. The van der Waals surface area contributed by atoms with Crippen LogP contribution in [-0.2, 0) is 10.8 Å². The van der Waals surface area contributed by atoms with Crippen LogP contribution < -0.4 is 0 Å². The monoisotopic (exact) mass is 266 g/mol. The molecule has 3 heteroatoms. The van der Waals surface area contributed by atoms with Crippen molar-refractivity contribution in [1.29, 1.82) is 0 Å². The standard InChI is InChI=1S/C15H22O2S/c1-5-11(2)10-18(17)13(4)15(16)14-8-6-12(3)7-9-14/h6-9,11,13H,5,10H2,1-4H3. The highest BCUT2D eigenvalue weighted by Gasteiger charge is 2.22. The quantitative estimate of drug-likeness (QED) is 0.740. The van der Waals surface area contributed by atoms with Crippen molar-refractivity contribution >= 4 is 16.6 Å². The lowest BCUT2D eigenvalue weighted by Gasteiger charge is -2.13. The molecule has 0 heterocycles. The van der Waals surface area contributed by atoms with Crippen molar-refractivity contribution < 1.29 is 9.00 Å². The first-order chi connectivity index (χ1) is 8.45. The Labute approximate surface area is 112 Å². The van der Waals surface area contributed by atoms with Gasteiger partial charge in [0.05, 0.1) is 5.25 Å². The van der Waals surface area contributed by atoms with E-state index in [-0.39, 0.29) is 5.78 Å². The van der Waals surface area contributed by atoms with Gasteiger partial charge in [-0.15, -0.1) is 0 Å². The minimum atomic E-state index is -1.08. The van der Waals surface area contributed by atoms with Crippen LogP contribution in [0.4, 0.5) is 0 Å². The predicted octanol–water partition coefficient (Wildman–Crippen LogP) is 3.36. The van der Waals surface area contributed by atoms with Crippen molar-refractivity contribution in [2.45, 2.75) is 39.4 Å². The van der Waals surface area contributed by atoms with E-state index in [9.17, 15) is 9.00 Å². The number of Topliss-reactive ketones (excluding diaryl/α,β-unsaturated/α-hetero) is 1. The summed E-state index contributed by atoms with van der Waals surface area (Å²) in [6.07, 6.45) is 0.997. The molecule has 18 heavy (non-hydrogen) atoms. The Hall–Kier alpha value is -0.960. The summed E-state index contributed by atoms with van der Waals surface area (Å²) in [5.41, 5.74) is 1.78. The van der Waals surface area contributed by atoms with Gasteiger partial charge in [0.25, 0.3) is 0 Å². The van der Waals surface area contributed by atoms with Crippen LogP contribution in [0.5, 0.6) is 0 Å². The largest absolute Gasteiger partial charge is 0.293 e. The summed E-state index contributed by atoms with van der Waals surface area (Å²) in [5.74, 6) is 0.991. The number of hydrogen-bond acceptors (Lipinski definition) is 2. The van der Waals surface area contributed by atoms with Crippen LogP contribution in [0.3, 0.4) is 0 Å². The molecule has 1 aromatic carbocycles. The molecular formula is C15H22O2S. The van der Waals surface area contributed by atoms with E-state index in [1.165, 1.54) is 0 Å². The Morgan fingerprint density at radius 3 is 2.28 bits per heavy atom. The van der Waals surface area contributed by atoms with E-state index in [0.29, 0.717) is 17.2 Å². The molecule has 1 aromatic rings. The van der Waals surface area contributed by atoms with Gasteiger partial charge in [0.2, 0.25) is 0 Å². The number of rotatable bonds is 6. The lowest BCUT2D eigenvalue weighted by atomic mass is 10.1. The summed E-state index contributed by atoms with van der Waals surface area (Å²) in [6, 6.07) is 7.46. The zero-order valence-electron chi connectivity index (χ0n) is 11.6. The first-order valence-corrected chi connectivity index (χ1v) is 7.82. The minimum absolute atomic E-state index is 0.0170. The molecule has 0 bridgehead atoms. The molecule has 0 spiro atoms. The fraction of sp³-hybridized carbons (Fsp3) is 0.533. The summed E-state index contributed by atoms with van der Waals surface area (Å²) < 4.78 is 12.1. The van der Waals surface area contributed by atoms with E-state index in [1.54, 1.807) is 6.92 Å². The van der Waals surface area contributed by atoms with E-state index in [4.69, 9.17) is 0 Å². The van der Waals surface area contributed by atoms with E-state index in [2.05, 4.69) is 13.8 Å². The summed E-state index contributed by atoms with van der Waals surface area (Å²) in [7, 11) is -1.08. The zero-order valence-corrected chi connectivity index (χ0v) is 12.4. The van der Waals surface area contributed by atoms with E-state index >= 15 is 0 Å². The molecule has 0 fully saturated rings. The molecule has 0 radical (unpaired) electrons. The Balaban J connectivity index is 2.71. The van der Waals surface area contributed by atoms with E-state index in [1.807, 2.05) is 31.2 Å². The molecule has 100 valence electrons. The highest BCUT2D eigenvalue weighted by Crippen LogP contribution is 2.13. The number of ketones is 1. The van der Waals surface area contributed by atoms with Crippen LogP contribution in [0, 0.1) is 12.8 Å². The van der Waals surface area contributed by atoms with Crippen molar-refractivity contribution in [2.24, 2.45) is 5.92 Å². The fourth-order valence-electron chi connectivity index (χ4n) is 1.61. The van der Waals surface area contributed by atoms with Crippen LogP contribution >= 0.6 is 0 Å². The molecule has 3 unspecified atom stereocenters. The number of carbonyl (C=O) groups is 1. The van der Waals surface area contributed by atoms with Gasteiger partial charge in [-0.05, 0) is 19.8 Å². The van der Waals surface area contributed by atoms with Gasteiger partial charge in [0.1, 0.15) is 0 Å². The molecule has 0 N–H and O–H groups in total. The second-order valence-corrected chi connectivity index (χ2v) is 6.74. The molecule has 0 aromatic heterocycles. The maximum atomic E-state index is 12.2. The second kappa shape index (κ2) is 6.83. The van der Waals surface area contributed by atoms with Gasteiger partial charge in [0, 0.05) is 22.1 Å². The van der Waals surface area contributed by atoms with Gasteiger partial charge in [-0.2, -0.15) is 0 Å². The average Bonchev–Trinajstić information content (AvgIpc) is 2.37. The number of carbonyl (C=O) groups excluding carboxylic acids is 1. The molecule has 3 atom stereocenters. The van der Waals surface area contributed by atoms with Crippen molar-refractivity contribution in [2.75, 3.05) is 5.75 Å². The highest BCUT2D eigenvalue weighted by molar-refractivity contribution is 7.86. The van der Waals surface area contributed by atoms with Gasteiger partial charge in [-0.3, -0.25) is 9.00 Å². The van der Waals surface area contributed by atoms with Crippen molar-refractivity contribution in [3.63, 3.8) is 0 Å². The van der Waals surface area contributed by atoms with Crippen LogP contribution in [0.2, 0.25) is 0 Å². The molecular weight excluding hydrogens is 244 g/mol. The molecule has 2 nitrogen and oxygen atoms in total. The Morgan fingerprint density at radius 1 is 1.22 bits per heavy atom. The number of benzene rings is 1. The zero-order chi connectivity index (χ0) is 13.7. The SMILES string of the molecule is CCC(C)CS(=O)C(C)C(=O)c1ccc(C)cc1. The van der Waals surface area contributed by atoms with Crippen molar-refractivity contribution in [3.05, 3.63) is 35.4 Å². The number of aryl methyl sites for hydroxylation is 1. The van der Waals surface area contributed by atoms with Crippen LogP contribution in [0.25, 0.3) is 0 Å². The summed E-state index contributed by atoms with van der Waals surface area (Å²) in [5, 5.41) is -0.415. The third-order valence-corrected chi connectivity index (χ3v) is 5.15. The lowest BCUT2D eigenvalue weighted by molar-refractivity contribution is 0.0992. The smallest absolute Gasteiger partial charge is 0.178 e. The van der Waals surface area contributed by atoms with Gasteiger partial charge in [-0.1, -0.05) is 50.1 Å². The normalized spacial score (nSPS) is 16.0. The first-order valence-electron chi connectivity index (χ1n) is 6.43. The average molecular weight is 266 g/mol. The van der Waals surface area contributed by atoms with E-state index < -0.39 is 16.0 Å². The molecule has 1 rings (SSSR count). The second-order valence-electron chi connectivity index (χ2n) is 4.93.